The van der Waals surface area contributed by atoms with Gasteiger partial charge in [-0.25, -0.2) is 0 Å². The minimum absolute atomic E-state index is 0.0261. The highest BCUT2D eigenvalue weighted by atomic mass is 35.5. The fourth-order valence-corrected chi connectivity index (χ4v) is 4.77. The maximum atomic E-state index is 12.6. The zero-order valence-corrected chi connectivity index (χ0v) is 18.9. The van der Waals surface area contributed by atoms with Crippen LogP contribution in [0.1, 0.15) is 56.4 Å². The van der Waals surface area contributed by atoms with E-state index in [-0.39, 0.29) is 23.1 Å². The first-order chi connectivity index (χ1) is 14.9. The van der Waals surface area contributed by atoms with Crippen molar-refractivity contribution in [2.45, 2.75) is 50.9 Å². The fraction of sp³-hybridized carbons (Fsp3) is 0.565. The molecule has 31 heavy (non-hydrogen) atoms. The zero-order chi connectivity index (χ0) is 22.0. The van der Waals surface area contributed by atoms with E-state index < -0.39 is 0 Å². The van der Waals surface area contributed by atoms with Crippen molar-refractivity contribution >= 4 is 23.4 Å². The molecule has 2 heterocycles. The van der Waals surface area contributed by atoms with Gasteiger partial charge in [0.2, 0.25) is 23.6 Å². The summed E-state index contributed by atoms with van der Waals surface area (Å²) in [6, 6.07) is 7.83. The number of carbonyl (C=O) groups excluding carboxylic acids is 2. The molecule has 0 spiro atoms. The summed E-state index contributed by atoms with van der Waals surface area (Å²) < 4.78 is 6.00. The predicted molar refractivity (Wildman–Crippen MR) is 117 cm³/mol. The normalized spacial score (nSPS) is 20.0. The predicted octanol–water partition coefficient (Wildman–Crippen LogP) is 3.45. The molecule has 1 atom stereocenters. The Bertz CT molecular complexity index is 939. The van der Waals surface area contributed by atoms with E-state index in [0.717, 1.165) is 37.9 Å². The number of hydrogen-bond donors (Lipinski definition) is 0. The minimum Gasteiger partial charge on any atom is -0.424 e. The van der Waals surface area contributed by atoms with Gasteiger partial charge in [0.05, 0.1) is 5.41 Å². The molecule has 0 N–H and O–H groups in total. The number of carbonyl (C=O) groups is 2. The standard InChI is InChI=1S/C23H29ClN4O3/c1-3-28-15-16(13-21(28)30)14-27(2)20(29)10-9-19-25-26-22(31-19)23(11-4-12-23)17-5-7-18(24)8-6-17/h5-8,16H,3-4,9-15H2,1-2H3. The molecule has 1 saturated heterocycles. The Morgan fingerprint density at radius 3 is 2.65 bits per heavy atom. The van der Waals surface area contributed by atoms with Gasteiger partial charge >= 0.3 is 0 Å². The SMILES string of the molecule is CCN1CC(CN(C)C(=O)CCc2nnc(C3(c4ccc(Cl)cc4)CCC3)o2)CC1=O. The average Bonchev–Trinajstić information content (AvgIpc) is 3.33. The molecule has 1 saturated carbocycles. The molecule has 2 aliphatic rings. The fourth-order valence-electron chi connectivity index (χ4n) is 4.65. The van der Waals surface area contributed by atoms with Gasteiger partial charge in [0.1, 0.15) is 0 Å². The van der Waals surface area contributed by atoms with Gasteiger partial charge in [-0.3, -0.25) is 9.59 Å². The number of halogens is 1. The summed E-state index contributed by atoms with van der Waals surface area (Å²) >= 11 is 6.04. The largest absolute Gasteiger partial charge is 0.424 e. The van der Waals surface area contributed by atoms with Crippen LogP contribution >= 0.6 is 11.6 Å². The lowest BCUT2D eigenvalue weighted by Gasteiger charge is -2.39. The van der Waals surface area contributed by atoms with Crippen LogP contribution in [-0.2, 0) is 21.4 Å². The second-order valence-electron chi connectivity index (χ2n) is 8.72. The van der Waals surface area contributed by atoms with E-state index >= 15 is 0 Å². The summed E-state index contributed by atoms with van der Waals surface area (Å²) in [7, 11) is 1.80. The van der Waals surface area contributed by atoms with Crippen LogP contribution in [0.3, 0.4) is 0 Å². The van der Waals surface area contributed by atoms with Crippen molar-refractivity contribution < 1.29 is 14.0 Å². The van der Waals surface area contributed by atoms with E-state index in [1.165, 1.54) is 0 Å². The first kappa shape index (κ1) is 21.8. The number of rotatable bonds is 8. The summed E-state index contributed by atoms with van der Waals surface area (Å²) in [4.78, 5) is 28.0. The van der Waals surface area contributed by atoms with Crippen LogP contribution in [0.25, 0.3) is 0 Å². The molecular weight excluding hydrogens is 416 g/mol. The molecule has 1 aliphatic heterocycles. The maximum Gasteiger partial charge on any atom is 0.227 e. The summed E-state index contributed by atoms with van der Waals surface area (Å²) in [6.45, 7) is 4.03. The van der Waals surface area contributed by atoms with Crippen molar-refractivity contribution in [2.24, 2.45) is 5.92 Å². The van der Waals surface area contributed by atoms with Crippen molar-refractivity contribution in [2.75, 3.05) is 26.7 Å². The third kappa shape index (κ3) is 4.47. The van der Waals surface area contributed by atoms with E-state index in [1.54, 1.807) is 11.9 Å². The molecule has 1 aromatic carbocycles. The lowest BCUT2D eigenvalue weighted by molar-refractivity contribution is -0.131. The Hall–Kier alpha value is -2.41. The smallest absolute Gasteiger partial charge is 0.227 e. The van der Waals surface area contributed by atoms with E-state index in [4.69, 9.17) is 16.0 Å². The van der Waals surface area contributed by atoms with E-state index in [2.05, 4.69) is 10.2 Å². The van der Waals surface area contributed by atoms with Crippen LogP contribution in [0.15, 0.2) is 28.7 Å². The Kier molecular flexibility index (Phi) is 6.32. The minimum atomic E-state index is -0.239. The number of aryl methyl sites for hydroxylation is 1. The molecule has 1 unspecified atom stereocenters. The molecule has 1 aliphatic carbocycles. The highest BCUT2D eigenvalue weighted by molar-refractivity contribution is 6.30. The van der Waals surface area contributed by atoms with E-state index in [9.17, 15) is 9.59 Å². The maximum absolute atomic E-state index is 12.6. The lowest BCUT2D eigenvalue weighted by atomic mass is 9.64. The van der Waals surface area contributed by atoms with Gasteiger partial charge in [-0.05, 0) is 37.5 Å². The van der Waals surface area contributed by atoms with Crippen LogP contribution in [0.4, 0.5) is 0 Å². The summed E-state index contributed by atoms with van der Waals surface area (Å²) in [5, 5.41) is 9.24. The number of nitrogens with zero attached hydrogens (tertiary/aromatic N) is 4. The molecule has 2 fully saturated rings. The monoisotopic (exact) mass is 444 g/mol. The third-order valence-corrected chi connectivity index (χ3v) is 6.92. The van der Waals surface area contributed by atoms with Gasteiger partial charge in [0.25, 0.3) is 0 Å². The highest BCUT2D eigenvalue weighted by Gasteiger charge is 2.45. The van der Waals surface area contributed by atoms with Gasteiger partial charge in [-0.15, -0.1) is 10.2 Å². The summed E-state index contributed by atoms with van der Waals surface area (Å²) in [5.41, 5.74) is 0.901. The number of aromatic nitrogens is 2. The average molecular weight is 445 g/mol. The molecule has 8 heteroatoms. The summed E-state index contributed by atoms with van der Waals surface area (Å²) in [6.07, 6.45) is 4.29. The Morgan fingerprint density at radius 1 is 1.29 bits per heavy atom. The van der Waals surface area contributed by atoms with Gasteiger partial charge in [-0.2, -0.15) is 0 Å². The van der Waals surface area contributed by atoms with Gasteiger partial charge in [0.15, 0.2) is 0 Å². The zero-order valence-electron chi connectivity index (χ0n) is 18.1. The van der Waals surface area contributed by atoms with Crippen LogP contribution in [0, 0.1) is 5.92 Å². The molecule has 0 bridgehead atoms. The highest BCUT2D eigenvalue weighted by Crippen LogP contribution is 2.48. The number of benzene rings is 1. The van der Waals surface area contributed by atoms with Crippen LogP contribution < -0.4 is 0 Å². The van der Waals surface area contributed by atoms with Crippen molar-refractivity contribution in [1.82, 2.24) is 20.0 Å². The lowest BCUT2D eigenvalue weighted by Crippen LogP contribution is -2.35. The molecule has 7 nitrogen and oxygen atoms in total. The Balaban J connectivity index is 1.33. The molecule has 166 valence electrons. The number of amides is 2. The van der Waals surface area contributed by atoms with Crippen LogP contribution in [0.2, 0.25) is 5.02 Å². The number of hydrogen-bond acceptors (Lipinski definition) is 5. The quantitative estimate of drug-likeness (QED) is 0.623. The molecule has 1 aromatic heterocycles. The molecular formula is C23H29ClN4O3. The first-order valence-electron chi connectivity index (χ1n) is 11.0. The van der Waals surface area contributed by atoms with Crippen molar-refractivity contribution in [3.63, 3.8) is 0 Å². The van der Waals surface area contributed by atoms with Gasteiger partial charge in [-0.1, -0.05) is 30.2 Å². The van der Waals surface area contributed by atoms with Crippen LogP contribution in [-0.4, -0.2) is 58.5 Å². The van der Waals surface area contributed by atoms with Gasteiger partial charge < -0.3 is 14.2 Å². The third-order valence-electron chi connectivity index (χ3n) is 6.67. The molecule has 2 amide bonds. The molecule has 2 aromatic rings. The number of likely N-dealkylation sites (tertiary alicyclic amines) is 1. The molecule has 0 radical (unpaired) electrons. The topological polar surface area (TPSA) is 79.5 Å². The van der Waals surface area contributed by atoms with Crippen molar-refractivity contribution in [1.29, 1.82) is 0 Å². The van der Waals surface area contributed by atoms with Crippen molar-refractivity contribution in [3.8, 4) is 0 Å². The summed E-state index contributed by atoms with van der Waals surface area (Å²) in [5.74, 6) is 1.52. The van der Waals surface area contributed by atoms with Crippen LogP contribution in [0.5, 0.6) is 0 Å². The second kappa shape index (κ2) is 8.99. The Labute approximate surface area is 187 Å². The van der Waals surface area contributed by atoms with Crippen molar-refractivity contribution in [3.05, 3.63) is 46.6 Å². The Morgan fingerprint density at radius 2 is 2.03 bits per heavy atom. The van der Waals surface area contributed by atoms with Gasteiger partial charge in [0, 0.05) is 56.9 Å². The molecule has 4 rings (SSSR count). The first-order valence-corrected chi connectivity index (χ1v) is 11.4. The van der Waals surface area contributed by atoms with E-state index in [0.29, 0.717) is 42.6 Å². The second-order valence-corrected chi connectivity index (χ2v) is 9.16. The van der Waals surface area contributed by atoms with E-state index in [1.807, 2.05) is 36.1 Å².